The molecule has 0 heterocycles. The van der Waals surface area contributed by atoms with Gasteiger partial charge in [0.05, 0.1) is 18.6 Å². The van der Waals surface area contributed by atoms with Gasteiger partial charge in [0, 0.05) is 37.3 Å². The molecule has 3 atom stereocenters. The molecule has 0 spiro atoms. The Hall–Kier alpha value is -3.93. The van der Waals surface area contributed by atoms with Gasteiger partial charge in [0.1, 0.15) is 6.04 Å². The SMILES string of the molecule is CCC(CCCC(CO)N(CCC(C)C)S(=O)(=O)c1ccc(N)cc1)NC(=O)C(C(c1ccccc1)c1ccccc1)N(C)C(=O)OC. The first kappa shape index (κ1) is 38.5. The van der Waals surface area contributed by atoms with Gasteiger partial charge in [0.2, 0.25) is 15.9 Å². The van der Waals surface area contributed by atoms with Crippen LogP contribution >= 0.6 is 0 Å². The topological polar surface area (TPSA) is 142 Å². The Morgan fingerprint density at radius 1 is 0.896 bits per heavy atom. The van der Waals surface area contributed by atoms with E-state index < -0.39 is 34.1 Å². The number of rotatable bonds is 18. The van der Waals surface area contributed by atoms with Gasteiger partial charge in [-0.3, -0.25) is 9.69 Å². The van der Waals surface area contributed by atoms with Crippen molar-refractivity contribution in [3.8, 4) is 0 Å². The average Bonchev–Trinajstić information content (AvgIpc) is 3.09. The number of hydrogen-bond acceptors (Lipinski definition) is 7. The molecule has 48 heavy (non-hydrogen) atoms. The lowest BCUT2D eigenvalue weighted by Gasteiger charge is -2.35. The lowest BCUT2D eigenvalue weighted by Crippen LogP contribution is -2.53. The number of nitrogen functional groups attached to an aromatic ring is 1. The lowest BCUT2D eigenvalue weighted by atomic mass is 9.83. The quantitative estimate of drug-likeness (QED) is 0.148. The van der Waals surface area contributed by atoms with Gasteiger partial charge in [0.15, 0.2) is 0 Å². The third-order valence-electron chi connectivity index (χ3n) is 8.74. The zero-order valence-corrected chi connectivity index (χ0v) is 29.6. The van der Waals surface area contributed by atoms with E-state index in [-0.39, 0.29) is 35.9 Å². The molecule has 0 bridgehead atoms. The molecule has 0 aromatic heterocycles. The molecule has 3 aromatic rings. The molecule has 0 radical (unpaired) electrons. The molecule has 11 heteroatoms. The molecular weight excluding hydrogens is 628 g/mol. The number of aliphatic hydroxyl groups is 1. The fourth-order valence-corrected chi connectivity index (χ4v) is 7.60. The largest absolute Gasteiger partial charge is 0.453 e. The Balaban J connectivity index is 1.82. The Labute approximate surface area is 286 Å². The molecule has 0 aliphatic heterocycles. The average molecular weight is 681 g/mol. The van der Waals surface area contributed by atoms with Crippen LogP contribution in [0.25, 0.3) is 0 Å². The van der Waals surface area contributed by atoms with E-state index in [2.05, 4.69) is 5.32 Å². The van der Waals surface area contributed by atoms with Crippen molar-refractivity contribution < 1.29 is 27.9 Å². The van der Waals surface area contributed by atoms with Gasteiger partial charge >= 0.3 is 6.09 Å². The molecule has 0 saturated heterocycles. The van der Waals surface area contributed by atoms with E-state index in [4.69, 9.17) is 10.5 Å². The second-order valence-electron chi connectivity index (χ2n) is 12.6. The third-order valence-corrected chi connectivity index (χ3v) is 10.7. The second kappa shape index (κ2) is 18.6. The van der Waals surface area contributed by atoms with Gasteiger partial charge in [0.25, 0.3) is 0 Å². The summed E-state index contributed by atoms with van der Waals surface area (Å²) in [7, 11) is -1.04. The Kier molecular flexibility index (Phi) is 14.9. The molecule has 4 N–H and O–H groups in total. The van der Waals surface area contributed by atoms with Crippen molar-refractivity contribution in [3.05, 3.63) is 96.1 Å². The van der Waals surface area contributed by atoms with Gasteiger partial charge in [-0.25, -0.2) is 13.2 Å². The minimum Gasteiger partial charge on any atom is -0.453 e. The van der Waals surface area contributed by atoms with Crippen molar-refractivity contribution >= 4 is 27.7 Å². The Bertz CT molecular complexity index is 1480. The molecule has 0 aliphatic carbocycles. The summed E-state index contributed by atoms with van der Waals surface area (Å²) in [5.41, 5.74) is 8.02. The van der Waals surface area contributed by atoms with Crippen molar-refractivity contribution in [2.24, 2.45) is 5.92 Å². The normalized spacial score (nSPS) is 13.7. The minimum absolute atomic E-state index is 0.129. The van der Waals surface area contributed by atoms with E-state index >= 15 is 0 Å². The van der Waals surface area contributed by atoms with E-state index in [0.717, 1.165) is 11.1 Å². The van der Waals surface area contributed by atoms with Crippen molar-refractivity contribution in [3.63, 3.8) is 0 Å². The number of anilines is 1. The van der Waals surface area contributed by atoms with Crippen molar-refractivity contribution in [1.29, 1.82) is 0 Å². The Morgan fingerprint density at radius 3 is 1.94 bits per heavy atom. The fourth-order valence-electron chi connectivity index (χ4n) is 5.94. The number of nitrogens with two attached hydrogens (primary N) is 1. The highest BCUT2D eigenvalue weighted by Gasteiger charge is 2.38. The number of hydrogen-bond donors (Lipinski definition) is 3. The summed E-state index contributed by atoms with van der Waals surface area (Å²) in [6.07, 6.45) is 2.13. The van der Waals surface area contributed by atoms with E-state index in [1.807, 2.05) is 81.4 Å². The molecular formula is C37H52N4O6S. The summed E-state index contributed by atoms with van der Waals surface area (Å²) in [5, 5.41) is 13.6. The monoisotopic (exact) mass is 680 g/mol. The minimum atomic E-state index is -3.90. The summed E-state index contributed by atoms with van der Waals surface area (Å²) < 4.78 is 33.9. The van der Waals surface area contributed by atoms with E-state index in [9.17, 15) is 23.1 Å². The van der Waals surface area contributed by atoms with Crippen LogP contribution in [-0.2, 0) is 19.6 Å². The zero-order valence-electron chi connectivity index (χ0n) is 28.8. The summed E-state index contributed by atoms with van der Waals surface area (Å²) in [5.74, 6) is -0.531. The number of sulfonamides is 1. The smallest absolute Gasteiger partial charge is 0.409 e. The highest BCUT2D eigenvalue weighted by atomic mass is 32.2. The molecule has 0 fully saturated rings. The van der Waals surface area contributed by atoms with Crippen LogP contribution in [-0.4, -0.2) is 80.2 Å². The van der Waals surface area contributed by atoms with Crippen LogP contribution in [0.15, 0.2) is 89.8 Å². The van der Waals surface area contributed by atoms with Crippen molar-refractivity contribution in [2.75, 3.05) is 33.0 Å². The molecule has 262 valence electrons. The molecule has 3 rings (SSSR count). The van der Waals surface area contributed by atoms with Crippen LogP contribution in [0, 0.1) is 5.92 Å². The van der Waals surface area contributed by atoms with Gasteiger partial charge in [-0.1, -0.05) is 81.4 Å². The maximum Gasteiger partial charge on any atom is 0.409 e. The number of benzene rings is 3. The predicted molar refractivity (Wildman–Crippen MR) is 190 cm³/mol. The number of ether oxygens (including phenoxy) is 1. The second-order valence-corrected chi connectivity index (χ2v) is 14.5. The van der Waals surface area contributed by atoms with Crippen LogP contribution < -0.4 is 11.1 Å². The predicted octanol–water partition coefficient (Wildman–Crippen LogP) is 5.63. The van der Waals surface area contributed by atoms with Crippen LogP contribution in [0.2, 0.25) is 0 Å². The number of likely N-dealkylation sites (N-methyl/N-ethyl adjacent to an activating group) is 1. The maximum atomic E-state index is 14.2. The lowest BCUT2D eigenvalue weighted by molar-refractivity contribution is -0.126. The standard InChI is InChI=1S/C37H52N4O6S/c1-6-31(18-13-19-32(26-42)41(25-24-27(2)3)48(45,46)33-22-20-30(38)21-23-33)39-36(43)35(40(4)37(44)47-5)34(28-14-9-7-10-15-28)29-16-11-8-12-17-29/h7-12,14-17,20-23,27,31-32,34-35,42H,6,13,18-19,24-26,38H2,1-5H3,(H,39,43). The van der Waals surface area contributed by atoms with Crippen molar-refractivity contribution in [2.45, 2.75) is 81.8 Å². The van der Waals surface area contributed by atoms with E-state index in [1.165, 1.54) is 28.4 Å². The van der Waals surface area contributed by atoms with Gasteiger partial charge < -0.3 is 20.9 Å². The van der Waals surface area contributed by atoms with Gasteiger partial charge in [-0.2, -0.15) is 4.31 Å². The van der Waals surface area contributed by atoms with E-state index in [1.54, 1.807) is 19.2 Å². The summed E-state index contributed by atoms with van der Waals surface area (Å²) in [4.78, 5) is 28.5. The molecule has 3 unspecified atom stereocenters. The van der Waals surface area contributed by atoms with Crippen LogP contribution in [0.3, 0.4) is 0 Å². The molecule has 3 aromatic carbocycles. The van der Waals surface area contributed by atoms with Crippen LogP contribution in [0.1, 0.15) is 69.9 Å². The number of amides is 2. The Morgan fingerprint density at radius 2 is 1.46 bits per heavy atom. The summed E-state index contributed by atoms with van der Waals surface area (Å²) in [6, 6.07) is 23.5. The van der Waals surface area contributed by atoms with Crippen LogP contribution in [0.4, 0.5) is 10.5 Å². The number of nitrogens with one attached hydrogen (secondary N) is 1. The highest BCUT2D eigenvalue weighted by Crippen LogP contribution is 2.32. The summed E-state index contributed by atoms with van der Waals surface area (Å²) in [6.45, 7) is 5.96. The first-order valence-corrected chi connectivity index (χ1v) is 18.1. The molecule has 10 nitrogen and oxygen atoms in total. The van der Waals surface area contributed by atoms with E-state index in [0.29, 0.717) is 37.8 Å². The number of carbonyl (C=O) groups is 2. The molecule has 0 aliphatic rings. The highest BCUT2D eigenvalue weighted by molar-refractivity contribution is 7.89. The van der Waals surface area contributed by atoms with Gasteiger partial charge in [-0.05, 0) is 73.4 Å². The number of methoxy groups -OCH3 is 1. The third kappa shape index (κ3) is 10.3. The van der Waals surface area contributed by atoms with Gasteiger partial charge in [-0.15, -0.1) is 0 Å². The van der Waals surface area contributed by atoms with Crippen molar-refractivity contribution in [1.82, 2.24) is 14.5 Å². The first-order chi connectivity index (χ1) is 22.9. The molecule has 0 saturated carbocycles. The van der Waals surface area contributed by atoms with Crippen LogP contribution in [0.5, 0.6) is 0 Å². The summed E-state index contributed by atoms with van der Waals surface area (Å²) >= 11 is 0. The maximum absolute atomic E-state index is 14.2. The number of nitrogens with zero attached hydrogens (tertiary/aromatic N) is 2. The first-order valence-electron chi connectivity index (χ1n) is 16.6. The number of carbonyl (C=O) groups excluding carboxylic acids is 2. The fraction of sp³-hybridized carbons (Fsp3) is 0.459. The number of aliphatic hydroxyl groups excluding tert-OH is 1. The zero-order chi connectivity index (χ0) is 35.3. The molecule has 2 amide bonds.